The molecule has 1 aromatic carbocycles. The van der Waals surface area contributed by atoms with Gasteiger partial charge in [0, 0.05) is 0 Å². The van der Waals surface area contributed by atoms with Crippen LogP contribution in [0.2, 0.25) is 0 Å². The van der Waals surface area contributed by atoms with Gasteiger partial charge in [0.1, 0.15) is 11.5 Å². The molecular formula is C15H14BrN3O4. The van der Waals surface area contributed by atoms with Crippen LogP contribution in [-0.4, -0.2) is 31.7 Å². The molecule has 0 saturated carbocycles. The normalized spacial score (nSPS) is 10.5. The Hall–Kier alpha value is -2.61. The Balaban J connectivity index is 1.82. The number of hydrogen-bond acceptors (Lipinski definition) is 5. The quantitative estimate of drug-likeness (QED) is 0.592. The van der Waals surface area contributed by atoms with Gasteiger partial charge in [-0.2, -0.15) is 5.10 Å². The number of amides is 2. The van der Waals surface area contributed by atoms with Crippen molar-refractivity contribution < 1.29 is 18.7 Å². The zero-order valence-electron chi connectivity index (χ0n) is 12.2. The summed E-state index contributed by atoms with van der Waals surface area (Å²) < 4.78 is 10.8. The van der Waals surface area contributed by atoms with Crippen molar-refractivity contribution in [3.8, 4) is 5.75 Å². The molecule has 1 heterocycles. The average molecular weight is 380 g/mol. The van der Waals surface area contributed by atoms with Gasteiger partial charge in [0.05, 0.1) is 25.4 Å². The smallest absolute Gasteiger partial charge is 0.259 e. The number of nitrogens with zero attached hydrogens (tertiary/aromatic N) is 1. The van der Waals surface area contributed by atoms with Crippen LogP contribution < -0.4 is 15.5 Å². The maximum absolute atomic E-state index is 12.0. The summed E-state index contributed by atoms with van der Waals surface area (Å²) >= 11 is 3.15. The van der Waals surface area contributed by atoms with Crippen molar-refractivity contribution in [2.45, 2.75) is 0 Å². The van der Waals surface area contributed by atoms with Crippen molar-refractivity contribution in [1.82, 2.24) is 10.7 Å². The number of hydrazone groups is 1. The van der Waals surface area contributed by atoms with Crippen molar-refractivity contribution in [2.75, 3.05) is 13.7 Å². The molecule has 0 aliphatic rings. The maximum Gasteiger partial charge on any atom is 0.259 e. The van der Waals surface area contributed by atoms with Crippen LogP contribution in [0.5, 0.6) is 5.75 Å². The summed E-state index contributed by atoms with van der Waals surface area (Å²) in [5.41, 5.74) is 2.64. The van der Waals surface area contributed by atoms with Crippen LogP contribution in [0.3, 0.4) is 0 Å². The lowest BCUT2D eigenvalue weighted by molar-refractivity contribution is -0.120. The van der Waals surface area contributed by atoms with Crippen LogP contribution in [0.1, 0.15) is 16.1 Å². The van der Waals surface area contributed by atoms with Crippen molar-refractivity contribution in [1.29, 1.82) is 0 Å². The number of ether oxygens (including phenoxy) is 1. The second kappa shape index (κ2) is 8.14. The van der Waals surface area contributed by atoms with Gasteiger partial charge >= 0.3 is 0 Å². The average Bonchev–Trinajstić information content (AvgIpc) is 2.98. The second-order valence-electron chi connectivity index (χ2n) is 4.32. The fourth-order valence-corrected chi connectivity index (χ4v) is 2.01. The van der Waals surface area contributed by atoms with Crippen LogP contribution >= 0.6 is 15.9 Å². The van der Waals surface area contributed by atoms with Gasteiger partial charge in [0.25, 0.3) is 11.8 Å². The maximum atomic E-state index is 12.0. The number of nitrogens with one attached hydrogen (secondary N) is 2. The molecule has 2 rings (SSSR count). The molecule has 0 aliphatic heterocycles. The molecule has 7 nitrogen and oxygen atoms in total. The van der Waals surface area contributed by atoms with Crippen LogP contribution in [0.25, 0.3) is 0 Å². The SMILES string of the molecule is COc1ccccc1C(=O)NCC(=O)N/N=C/c1ccc(Br)o1. The molecule has 0 aliphatic carbocycles. The summed E-state index contributed by atoms with van der Waals surface area (Å²) in [6.45, 7) is -0.212. The summed E-state index contributed by atoms with van der Waals surface area (Å²) in [6.07, 6.45) is 1.35. The fraction of sp³-hybridized carbons (Fsp3) is 0.133. The summed E-state index contributed by atoms with van der Waals surface area (Å²) in [5.74, 6) is 0.0497. The molecule has 8 heteroatoms. The Kier molecular flexibility index (Phi) is 5.93. The Morgan fingerprint density at radius 1 is 1.30 bits per heavy atom. The second-order valence-corrected chi connectivity index (χ2v) is 5.10. The van der Waals surface area contributed by atoms with E-state index in [2.05, 4.69) is 31.8 Å². The zero-order chi connectivity index (χ0) is 16.7. The van der Waals surface area contributed by atoms with Crippen LogP contribution in [-0.2, 0) is 4.79 Å². The zero-order valence-corrected chi connectivity index (χ0v) is 13.8. The topological polar surface area (TPSA) is 92.9 Å². The molecule has 120 valence electrons. The largest absolute Gasteiger partial charge is 0.496 e. The van der Waals surface area contributed by atoms with Crippen molar-refractivity contribution >= 4 is 34.0 Å². The summed E-state index contributed by atoms with van der Waals surface area (Å²) in [4.78, 5) is 23.6. The van der Waals surface area contributed by atoms with E-state index in [1.807, 2.05) is 0 Å². The number of methoxy groups -OCH3 is 1. The van der Waals surface area contributed by atoms with Gasteiger partial charge in [0.2, 0.25) is 0 Å². The fourth-order valence-electron chi connectivity index (χ4n) is 1.69. The molecule has 0 spiro atoms. The number of carbonyl (C=O) groups excluding carboxylic acids is 2. The first-order valence-electron chi connectivity index (χ1n) is 6.58. The molecule has 0 bridgehead atoms. The van der Waals surface area contributed by atoms with E-state index in [1.165, 1.54) is 13.3 Å². The van der Waals surface area contributed by atoms with Crippen LogP contribution in [0.15, 0.2) is 50.6 Å². The third kappa shape index (κ3) is 4.96. The van der Waals surface area contributed by atoms with E-state index >= 15 is 0 Å². The molecule has 0 saturated heterocycles. The van der Waals surface area contributed by atoms with Gasteiger partial charge in [-0.3, -0.25) is 9.59 Å². The predicted molar refractivity (Wildman–Crippen MR) is 87.5 cm³/mol. The lowest BCUT2D eigenvalue weighted by Gasteiger charge is -2.08. The van der Waals surface area contributed by atoms with E-state index in [0.29, 0.717) is 21.7 Å². The highest BCUT2D eigenvalue weighted by atomic mass is 79.9. The van der Waals surface area contributed by atoms with Crippen LogP contribution in [0.4, 0.5) is 0 Å². The third-order valence-corrected chi connectivity index (χ3v) is 3.16. The Morgan fingerprint density at radius 2 is 2.09 bits per heavy atom. The molecule has 0 atom stereocenters. The monoisotopic (exact) mass is 379 g/mol. The number of hydrogen-bond donors (Lipinski definition) is 2. The molecule has 2 aromatic rings. The number of carbonyl (C=O) groups is 2. The third-order valence-electron chi connectivity index (χ3n) is 2.74. The minimum Gasteiger partial charge on any atom is -0.496 e. The van der Waals surface area contributed by atoms with E-state index < -0.39 is 11.8 Å². The molecule has 0 fully saturated rings. The van der Waals surface area contributed by atoms with E-state index in [4.69, 9.17) is 9.15 Å². The molecule has 1 aromatic heterocycles. The molecule has 0 radical (unpaired) electrons. The first-order chi connectivity index (χ1) is 11.1. The Labute approximate surface area is 140 Å². The van der Waals surface area contributed by atoms with E-state index in [-0.39, 0.29) is 6.54 Å². The standard InChI is InChI=1S/C15H14BrN3O4/c1-22-12-5-3-2-4-11(12)15(21)17-9-14(20)19-18-8-10-6-7-13(16)23-10/h2-8H,9H2,1H3,(H,17,21)(H,19,20)/b18-8+. The van der Waals surface area contributed by atoms with Crippen molar-refractivity contribution in [3.63, 3.8) is 0 Å². The summed E-state index contributed by atoms with van der Waals surface area (Å²) in [7, 11) is 1.47. The minimum atomic E-state index is -0.463. The van der Waals surface area contributed by atoms with E-state index in [0.717, 1.165) is 0 Å². The molecular weight excluding hydrogens is 366 g/mol. The predicted octanol–water partition coefficient (Wildman–Crippen LogP) is 1.93. The lowest BCUT2D eigenvalue weighted by atomic mass is 10.2. The lowest BCUT2D eigenvalue weighted by Crippen LogP contribution is -2.35. The molecule has 0 unspecified atom stereocenters. The van der Waals surface area contributed by atoms with Gasteiger partial charge in [-0.05, 0) is 40.2 Å². The van der Waals surface area contributed by atoms with Gasteiger partial charge in [-0.25, -0.2) is 5.43 Å². The van der Waals surface area contributed by atoms with Gasteiger partial charge in [-0.1, -0.05) is 12.1 Å². The number of benzene rings is 1. The minimum absolute atomic E-state index is 0.212. The van der Waals surface area contributed by atoms with Crippen LogP contribution in [0, 0.1) is 0 Å². The van der Waals surface area contributed by atoms with Gasteiger partial charge in [0.15, 0.2) is 4.67 Å². The molecule has 2 N–H and O–H groups in total. The number of rotatable bonds is 6. The number of furan rings is 1. The Bertz CT molecular complexity index is 727. The van der Waals surface area contributed by atoms with E-state index in [1.54, 1.807) is 36.4 Å². The van der Waals surface area contributed by atoms with Gasteiger partial charge in [-0.15, -0.1) is 0 Å². The summed E-state index contributed by atoms with van der Waals surface area (Å²) in [6, 6.07) is 10.1. The van der Waals surface area contributed by atoms with Crippen molar-refractivity contribution in [2.24, 2.45) is 5.10 Å². The number of para-hydroxylation sites is 1. The van der Waals surface area contributed by atoms with E-state index in [9.17, 15) is 9.59 Å². The Morgan fingerprint density at radius 3 is 2.78 bits per heavy atom. The molecule has 23 heavy (non-hydrogen) atoms. The highest BCUT2D eigenvalue weighted by Gasteiger charge is 2.12. The first-order valence-corrected chi connectivity index (χ1v) is 7.38. The van der Waals surface area contributed by atoms with Gasteiger partial charge < -0.3 is 14.5 Å². The molecule has 2 amide bonds. The van der Waals surface area contributed by atoms with Crippen molar-refractivity contribution in [3.05, 3.63) is 52.4 Å². The summed E-state index contributed by atoms with van der Waals surface area (Å²) in [5, 5.41) is 6.21. The highest BCUT2D eigenvalue weighted by molar-refractivity contribution is 9.10. The highest BCUT2D eigenvalue weighted by Crippen LogP contribution is 2.16. The number of halogens is 1. The first kappa shape index (κ1) is 16.8.